The van der Waals surface area contributed by atoms with Crippen molar-refractivity contribution >= 4 is 34.1 Å². The second kappa shape index (κ2) is 7.43. The Kier molecular flexibility index (Phi) is 5.09. The Morgan fingerprint density at radius 3 is 2.96 bits per heavy atom. The number of rotatable bonds is 6. The zero-order valence-electron chi connectivity index (χ0n) is 12.4. The maximum atomic E-state index is 12.0. The molecule has 0 aliphatic rings. The molecule has 0 aliphatic heterocycles. The second-order valence-corrected chi connectivity index (χ2v) is 7.00. The molecule has 0 fully saturated rings. The van der Waals surface area contributed by atoms with Crippen molar-refractivity contribution in [2.45, 2.75) is 17.9 Å². The van der Waals surface area contributed by atoms with E-state index < -0.39 is 0 Å². The normalized spacial score (nSPS) is 12.0. The van der Waals surface area contributed by atoms with Crippen molar-refractivity contribution in [3.05, 3.63) is 54.1 Å². The number of benzene rings is 1. The van der Waals surface area contributed by atoms with Crippen LogP contribution in [0, 0.1) is 0 Å². The molecular weight excluding hydrogens is 330 g/mol. The van der Waals surface area contributed by atoms with Gasteiger partial charge in [-0.25, -0.2) is 9.97 Å². The third-order valence-corrected chi connectivity index (χ3v) is 4.93. The zero-order valence-corrected chi connectivity index (χ0v) is 14.1. The van der Waals surface area contributed by atoms with Crippen molar-refractivity contribution in [2.24, 2.45) is 0 Å². The van der Waals surface area contributed by atoms with Gasteiger partial charge < -0.3 is 9.73 Å². The zero-order chi connectivity index (χ0) is 16.1. The van der Waals surface area contributed by atoms with Crippen molar-refractivity contribution in [2.75, 3.05) is 5.32 Å². The van der Waals surface area contributed by atoms with E-state index in [0.717, 1.165) is 11.3 Å². The molecule has 1 N–H and O–H groups in total. The van der Waals surface area contributed by atoms with Crippen molar-refractivity contribution in [1.82, 2.24) is 9.97 Å². The highest BCUT2D eigenvalue weighted by atomic mass is 32.2. The van der Waals surface area contributed by atoms with Gasteiger partial charge >= 0.3 is 0 Å². The molecule has 1 atom stereocenters. The number of nitrogens with zero attached hydrogens (tertiary/aromatic N) is 2. The topological polar surface area (TPSA) is 68.0 Å². The molecule has 3 aromatic rings. The Morgan fingerprint density at radius 2 is 2.22 bits per heavy atom. The average molecular weight is 345 g/mol. The molecule has 0 saturated carbocycles. The predicted molar refractivity (Wildman–Crippen MR) is 93.4 cm³/mol. The molecule has 0 aliphatic carbocycles. The van der Waals surface area contributed by atoms with Gasteiger partial charge in [-0.15, -0.1) is 23.1 Å². The van der Waals surface area contributed by atoms with Crippen LogP contribution in [-0.4, -0.2) is 21.1 Å². The van der Waals surface area contributed by atoms with Gasteiger partial charge in [0.05, 0.1) is 11.0 Å². The fourth-order valence-electron chi connectivity index (χ4n) is 1.88. The maximum Gasteiger partial charge on any atom is 0.239 e. The highest BCUT2D eigenvalue weighted by Crippen LogP contribution is 2.23. The number of thiazole rings is 1. The largest absolute Gasteiger partial charge is 0.447 e. The van der Waals surface area contributed by atoms with Crippen molar-refractivity contribution in [3.8, 4) is 11.3 Å². The first-order valence-corrected chi connectivity index (χ1v) is 8.97. The quantitative estimate of drug-likeness (QED) is 0.730. The van der Waals surface area contributed by atoms with E-state index in [0.29, 0.717) is 16.8 Å². The third-order valence-electron chi connectivity index (χ3n) is 3.11. The predicted octanol–water partition coefficient (Wildman–Crippen LogP) is 4.06. The summed E-state index contributed by atoms with van der Waals surface area (Å²) in [5, 5.41) is 5.01. The van der Waals surface area contributed by atoms with E-state index in [1.807, 2.05) is 42.6 Å². The number of hydrogen-bond donors (Lipinski definition) is 1. The molecule has 2 heterocycles. The molecule has 1 unspecified atom stereocenters. The van der Waals surface area contributed by atoms with Gasteiger partial charge in [0.15, 0.2) is 5.13 Å². The van der Waals surface area contributed by atoms with Gasteiger partial charge in [0.25, 0.3) is 0 Å². The Labute approximate surface area is 142 Å². The summed E-state index contributed by atoms with van der Waals surface area (Å²) in [5.74, 6) is 1.08. The average Bonchev–Trinajstić information content (AvgIpc) is 3.25. The fourth-order valence-corrected chi connectivity index (χ4v) is 3.15. The molecule has 1 aromatic carbocycles. The highest BCUT2D eigenvalue weighted by Gasteiger charge is 2.16. The number of anilines is 1. The van der Waals surface area contributed by atoms with Gasteiger partial charge in [-0.05, 0) is 6.92 Å². The maximum absolute atomic E-state index is 12.0. The molecule has 0 spiro atoms. The van der Waals surface area contributed by atoms with Gasteiger partial charge in [-0.2, -0.15) is 0 Å². The number of carbonyl (C=O) groups is 1. The minimum Gasteiger partial charge on any atom is -0.447 e. The molecule has 0 bridgehead atoms. The van der Waals surface area contributed by atoms with E-state index in [-0.39, 0.29) is 11.2 Å². The van der Waals surface area contributed by atoms with Crippen LogP contribution >= 0.6 is 23.1 Å². The SMILES string of the molecule is CC(SCc1nc(-c2ccccc2)co1)C(=O)Nc1nccs1. The van der Waals surface area contributed by atoms with Crippen LogP contribution in [0.2, 0.25) is 0 Å². The molecule has 3 rings (SSSR count). The van der Waals surface area contributed by atoms with E-state index in [9.17, 15) is 4.79 Å². The van der Waals surface area contributed by atoms with E-state index in [4.69, 9.17) is 4.42 Å². The number of carbonyl (C=O) groups excluding carboxylic acids is 1. The lowest BCUT2D eigenvalue weighted by Crippen LogP contribution is -2.22. The minimum absolute atomic E-state index is 0.0696. The summed E-state index contributed by atoms with van der Waals surface area (Å²) in [6.07, 6.45) is 3.31. The molecule has 23 heavy (non-hydrogen) atoms. The standard InChI is InChI=1S/C16H15N3O2S2/c1-11(15(20)19-16-17-7-8-22-16)23-10-14-18-13(9-21-14)12-5-3-2-4-6-12/h2-9,11H,10H2,1H3,(H,17,19,20). The van der Waals surface area contributed by atoms with Crippen LogP contribution in [0.3, 0.4) is 0 Å². The van der Waals surface area contributed by atoms with Crippen LogP contribution < -0.4 is 5.32 Å². The summed E-state index contributed by atoms with van der Waals surface area (Å²) in [4.78, 5) is 20.5. The van der Waals surface area contributed by atoms with Gasteiger partial charge in [-0.3, -0.25) is 4.79 Å². The first-order chi connectivity index (χ1) is 11.2. The van der Waals surface area contributed by atoms with Crippen LogP contribution in [0.5, 0.6) is 0 Å². The molecule has 2 aromatic heterocycles. The number of aromatic nitrogens is 2. The van der Waals surface area contributed by atoms with E-state index >= 15 is 0 Å². The van der Waals surface area contributed by atoms with Crippen LogP contribution in [0.25, 0.3) is 11.3 Å². The Balaban J connectivity index is 1.54. The number of nitrogens with one attached hydrogen (secondary N) is 1. The lowest BCUT2D eigenvalue weighted by molar-refractivity contribution is -0.115. The Hall–Kier alpha value is -2.12. The van der Waals surface area contributed by atoms with Gasteiger partial charge in [0, 0.05) is 17.1 Å². The van der Waals surface area contributed by atoms with Crippen molar-refractivity contribution in [1.29, 1.82) is 0 Å². The van der Waals surface area contributed by atoms with Crippen LogP contribution in [-0.2, 0) is 10.5 Å². The summed E-state index contributed by atoms with van der Waals surface area (Å²) in [7, 11) is 0. The highest BCUT2D eigenvalue weighted by molar-refractivity contribution is 7.99. The molecule has 7 heteroatoms. The van der Waals surface area contributed by atoms with Gasteiger partial charge in [0.1, 0.15) is 12.0 Å². The molecule has 1 amide bonds. The van der Waals surface area contributed by atoms with E-state index in [1.54, 1.807) is 12.5 Å². The molecular formula is C16H15N3O2S2. The lowest BCUT2D eigenvalue weighted by atomic mass is 10.2. The van der Waals surface area contributed by atoms with E-state index in [2.05, 4.69) is 15.3 Å². The van der Waals surface area contributed by atoms with Crippen molar-refractivity contribution in [3.63, 3.8) is 0 Å². The third kappa shape index (κ3) is 4.20. The Bertz CT molecular complexity index is 757. The number of thioether (sulfide) groups is 1. The Morgan fingerprint density at radius 1 is 1.39 bits per heavy atom. The molecule has 0 radical (unpaired) electrons. The molecule has 0 saturated heterocycles. The van der Waals surface area contributed by atoms with E-state index in [1.165, 1.54) is 23.1 Å². The summed E-state index contributed by atoms with van der Waals surface area (Å²) in [5.41, 5.74) is 1.82. The first kappa shape index (κ1) is 15.8. The smallest absolute Gasteiger partial charge is 0.239 e. The number of hydrogen-bond acceptors (Lipinski definition) is 6. The molecule has 5 nitrogen and oxygen atoms in total. The second-order valence-electron chi connectivity index (χ2n) is 4.77. The summed E-state index contributed by atoms with van der Waals surface area (Å²) >= 11 is 2.88. The van der Waals surface area contributed by atoms with Crippen LogP contribution in [0.4, 0.5) is 5.13 Å². The summed E-state index contributed by atoms with van der Waals surface area (Å²) in [6, 6.07) is 9.85. The first-order valence-electron chi connectivity index (χ1n) is 7.04. The number of amides is 1. The summed E-state index contributed by atoms with van der Waals surface area (Å²) in [6.45, 7) is 1.86. The van der Waals surface area contributed by atoms with Gasteiger partial charge in [-0.1, -0.05) is 30.3 Å². The fraction of sp³-hybridized carbons (Fsp3) is 0.188. The van der Waals surface area contributed by atoms with Gasteiger partial charge in [0.2, 0.25) is 11.8 Å². The summed E-state index contributed by atoms with van der Waals surface area (Å²) < 4.78 is 5.48. The number of oxazole rings is 1. The van der Waals surface area contributed by atoms with Crippen LogP contribution in [0.15, 0.2) is 52.6 Å². The minimum atomic E-state index is -0.217. The molecule has 118 valence electrons. The monoisotopic (exact) mass is 345 g/mol. The van der Waals surface area contributed by atoms with Crippen LogP contribution in [0.1, 0.15) is 12.8 Å². The van der Waals surface area contributed by atoms with Crippen molar-refractivity contribution < 1.29 is 9.21 Å². The lowest BCUT2D eigenvalue weighted by Gasteiger charge is -2.08.